The van der Waals surface area contributed by atoms with Gasteiger partial charge in [-0.25, -0.2) is 0 Å². The molecule has 0 spiro atoms. The molecule has 2 heterocycles. The third kappa shape index (κ3) is 4.63. The molecule has 3 rings (SSSR count). The maximum absolute atomic E-state index is 12.4. The second-order valence-corrected chi connectivity index (χ2v) is 6.96. The molecule has 1 fully saturated rings. The number of furan rings is 1. The monoisotopic (exact) mass is 361 g/mol. The van der Waals surface area contributed by atoms with E-state index in [4.69, 9.17) is 16.0 Å². The first kappa shape index (κ1) is 18.0. The Morgan fingerprint density at radius 1 is 1.16 bits per heavy atom. The number of likely N-dealkylation sites (N-methyl/N-ethyl adjacent to an activating group) is 1. The fourth-order valence-corrected chi connectivity index (χ4v) is 3.19. The lowest BCUT2D eigenvalue weighted by Gasteiger charge is -2.37. The summed E-state index contributed by atoms with van der Waals surface area (Å²) < 4.78 is 5.86. The summed E-state index contributed by atoms with van der Waals surface area (Å²) in [5.41, 5.74) is 0.608. The summed E-state index contributed by atoms with van der Waals surface area (Å²) in [6.45, 7) is 6.40. The standard InChI is InChI=1S/C19H24ClN3O2/c1-14-3-8-18(25-14)17(23-11-9-22(2)10-12-23)13-21-19(24)15-4-6-16(20)7-5-15/h3-8,17H,9-13H2,1-2H3,(H,21,24). The largest absolute Gasteiger partial charge is 0.465 e. The van der Waals surface area contributed by atoms with Crippen LogP contribution in [0.3, 0.4) is 0 Å². The minimum absolute atomic E-state index is 0.0404. The maximum atomic E-state index is 12.4. The lowest BCUT2D eigenvalue weighted by atomic mass is 10.1. The molecule has 1 N–H and O–H groups in total. The van der Waals surface area contributed by atoms with Gasteiger partial charge in [0, 0.05) is 43.3 Å². The molecule has 1 aliphatic rings. The minimum Gasteiger partial charge on any atom is -0.465 e. The number of carbonyl (C=O) groups excluding carboxylic acids is 1. The summed E-state index contributed by atoms with van der Waals surface area (Å²) in [7, 11) is 2.13. The topological polar surface area (TPSA) is 48.7 Å². The third-order valence-corrected chi connectivity index (χ3v) is 4.88. The second-order valence-electron chi connectivity index (χ2n) is 6.52. The van der Waals surface area contributed by atoms with E-state index in [9.17, 15) is 4.79 Å². The van der Waals surface area contributed by atoms with Gasteiger partial charge < -0.3 is 14.6 Å². The Bertz CT molecular complexity index is 706. The van der Waals surface area contributed by atoms with E-state index in [2.05, 4.69) is 22.2 Å². The van der Waals surface area contributed by atoms with Crippen molar-refractivity contribution in [1.82, 2.24) is 15.1 Å². The van der Waals surface area contributed by atoms with Crippen LogP contribution in [0.15, 0.2) is 40.8 Å². The summed E-state index contributed by atoms with van der Waals surface area (Å²) in [5, 5.41) is 3.66. The van der Waals surface area contributed by atoms with Crippen LogP contribution in [0.25, 0.3) is 0 Å². The van der Waals surface area contributed by atoms with Crippen LogP contribution in [-0.2, 0) is 0 Å². The second kappa shape index (κ2) is 8.04. The highest BCUT2D eigenvalue weighted by Crippen LogP contribution is 2.23. The molecule has 0 aliphatic carbocycles. The SMILES string of the molecule is Cc1ccc(C(CNC(=O)c2ccc(Cl)cc2)N2CCN(C)CC2)o1. The van der Waals surface area contributed by atoms with E-state index in [0.717, 1.165) is 37.7 Å². The summed E-state index contributed by atoms with van der Waals surface area (Å²) in [5.74, 6) is 1.69. The third-order valence-electron chi connectivity index (χ3n) is 4.63. The molecule has 1 aromatic heterocycles. The van der Waals surface area contributed by atoms with Crippen molar-refractivity contribution in [2.45, 2.75) is 13.0 Å². The van der Waals surface area contributed by atoms with Crippen molar-refractivity contribution >= 4 is 17.5 Å². The average Bonchev–Trinajstić information content (AvgIpc) is 3.03. The number of amides is 1. The number of rotatable bonds is 5. The van der Waals surface area contributed by atoms with Crippen LogP contribution >= 0.6 is 11.6 Å². The lowest BCUT2D eigenvalue weighted by Crippen LogP contribution is -2.48. The van der Waals surface area contributed by atoms with Gasteiger partial charge in [0.25, 0.3) is 5.91 Å². The van der Waals surface area contributed by atoms with Crippen LogP contribution < -0.4 is 5.32 Å². The van der Waals surface area contributed by atoms with Gasteiger partial charge in [0.2, 0.25) is 0 Å². The van der Waals surface area contributed by atoms with Crippen molar-refractivity contribution < 1.29 is 9.21 Å². The fraction of sp³-hybridized carbons (Fsp3) is 0.421. The number of carbonyl (C=O) groups is 1. The van der Waals surface area contributed by atoms with E-state index >= 15 is 0 Å². The normalized spacial score (nSPS) is 17.4. The van der Waals surface area contributed by atoms with E-state index < -0.39 is 0 Å². The summed E-state index contributed by atoms with van der Waals surface area (Å²) in [4.78, 5) is 17.1. The molecular formula is C19H24ClN3O2. The molecule has 1 atom stereocenters. The molecule has 25 heavy (non-hydrogen) atoms. The van der Waals surface area contributed by atoms with Crippen molar-refractivity contribution in [3.8, 4) is 0 Å². The number of hydrogen-bond donors (Lipinski definition) is 1. The van der Waals surface area contributed by atoms with E-state index in [0.29, 0.717) is 17.1 Å². The van der Waals surface area contributed by atoms with Gasteiger partial charge in [-0.2, -0.15) is 0 Å². The maximum Gasteiger partial charge on any atom is 0.251 e. The zero-order chi connectivity index (χ0) is 17.8. The highest BCUT2D eigenvalue weighted by Gasteiger charge is 2.26. The van der Waals surface area contributed by atoms with Crippen LogP contribution in [0.1, 0.15) is 27.9 Å². The smallest absolute Gasteiger partial charge is 0.251 e. The first-order chi connectivity index (χ1) is 12.0. The Balaban J connectivity index is 1.69. The minimum atomic E-state index is -0.0981. The molecule has 1 aliphatic heterocycles. The molecule has 134 valence electrons. The van der Waals surface area contributed by atoms with Gasteiger partial charge in [-0.1, -0.05) is 11.6 Å². The first-order valence-electron chi connectivity index (χ1n) is 8.55. The van der Waals surface area contributed by atoms with Gasteiger partial charge in [0.1, 0.15) is 11.5 Å². The number of aryl methyl sites for hydroxylation is 1. The van der Waals surface area contributed by atoms with Crippen molar-refractivity contribution in [1.29, 1.82) is 0 Å². The predicted octanol–water partition coefficient (Wildman–Crippen LogP) is 2.96. The Kier molecular flexibility index (Phi) is 5.78. The molecule has 6 heteroatoms. The highest BCUT2D eigenvalue weighted by molar-refractivity contribution is 6.30. The van der Waals surface area contributed by atoms with Gasteiger partial charge in [0.05, 0.1) is 6.04 Å². The number of nitrogens with zero attached hydrogens (tertiary/aromatic N) is 2. The first-order valence-corrected chi connectivity index (χ1v) is 8.93. The Hall–Kier alpha value is -1.82. The number of piperazine rings is 1. The molecule has 0 radical (unpaired) electrons. The summed E-state index contributed by atoms with van der Waals surface area (Å²) >= 11 is 5.88. The lowest BCUT2D eigenvalue weighted by molar-refractivity contribution is 0.0849. The van der Waals surface area contributed by atoms with Crippen LogP contribution in [0.4, 0.5) is 0 Å². The van der Waals surface area contributed by atoms with E-state index in [-0.39, 0.29) is 11.9 Å². The van der Waals surface area contributed by atoms with Crippen molar-refractivity contribution in [3.63, 3.8) is 0 Å². The Labute approximate surface area is 153 Å². The molecule has 1 amide bonds. The number of hydrogen-bond acceptors (Lipinski definition) is 4. The van der Waals surface area contributed by atoms with Crippen molar-refractivity contribution in [2.24, 2.45) is 0 Å². The highest BCUT2D eigenvalue weighted by atomic mass is 35.5. The average molecular weight is 362 g/mol. The molecular weight excluding hydrogens is 338 g/mol. The van der Waals surface area contributed by atoms with E-state index in [1.807, 2.05) is 19.1 Å². The molecule has 0 bridgehead atoms. The quantitative estimate of drug-likeness (QED) is 0.889. The zero-order valence-electron chi connectivity index (χ0n) is 14.7. The van der Waals surface area contributed by atoms with Gasteiger partial charge >= 0.3 is 0 Å². The van der Waals surface area contributed by atoms with Crippen LogP contribution in [0.5, 0.6) is 0 Å². The van der Waals surface area contributed by atoms with E-state index in [1.165, 1.54) is 0 Å². The predicted molar refractivity (Wildman–Crippen MR) is 99.0 cm³/mol. The van der Waals surface area contributed by atoms with Gasteiger partial charge in [-0.3, -0.25) is 9.69 Å². The zero-order valence-corrected chi connectivity index (χ0v) is 15.4. The summed E-state index contributed by atoms with van der Waals surface area (Å²) in [6, 6.07) is 10.9. The fourth-order valence-electron chi connectivity index (χ4n) is 3.07. The van der Waals surface area contributed by atoms with Gasteiger partial charge in [0.15, 0.2) is 0 Å². The Morgan fingerprint density at radius 3 is 2.44 bits per heavy atom. The van der Waals surface area contributed by atoms with Gasteiger partial charge in [-0.05, 0) is 50.4 Å². The molecule has 1 unspecified atom stereocenters. The number of benzene rings is 1. The summed E-state index contributed by atoms with van der Waals surface area (Å²) in [6.07, 6.45) is 0. The Morgan fingerprint density at radius 2 is 1.84 bits per heavy atom. The van der Waals surface area contributed by atoms with E-state index in [1.54, 1.807) is 24.3 Å². The van der Waals surface area contributed by atoms with Crippen LogP contribution in [-0.4, -0.2) is 55.5 Å². The van der Waals surface area contributed by atoms with Crippen LogP contribution in [0, 0.1) is 6.92 Å². The van der Waals surface area contributed by atoms with Crippen molar-refractivity contribution in [2.75, 3.05) is 39.8 Å². The number of nitrogens with one attached hydrogen (secondary N) is 1. The van der Waals surface area contributed by atoms with Gasteiger partial charge in [-0.15, -0.1) is 0 Å². The molecule has 1 aromatic carbocycles. The van der Waals surface area contributed by atoms with Crippen molar-refractivity contribution in [3.05, 3.63) is 58.5 Å². The number of halogens is 1. The molecule has 2 aromatic rings. The van der Waals surface area contributed by atoms with Crippen LogP contribution in [0.2, 0.25) is 5.02 Å². The molecule has 5 nitrogen and oxygen atoms in total. The molecule has 0 saturated carbocycles. The molecule has 1 saturated heterocycles.